The lowest BCUT2D eigenvalue weighted by Crippen LogP contribution is -2.16. The van der Waals surface area contributed by atoms with Crippen LogP contribution in [-0.2, 0) is 16.1 Å². The van der Waals surface area contributed by atoms with Crippen molar-refractivity contribution in [1.29, 1.82) is 0 Å². The summed E-state index contributed by atoms with van der Waals surface area (Å²) < 4.78 is 0. The molecule has 0 saturated carbocycles. The number of nitrogens with zero attached hydrogens (tertiary/aromatic N) is 1. The monoisotopic (exact) mass is 290 g/mol. The first-order valence-corrected chi connectivity index (χ1v) is 6.27. The summed E-state index contributed by atoms with van der Waals surface area (Å²) in [5, 5.41) is 4.23. The van der Waals surface area contributed by atoms with Crippen LogP contribution in [0.4, 0.5) is 0 Å². The molecule has 0 atom stereocenters. The highest BCUT2D eigenvalue weighted by Gasteiger charge is 2.06. The lowest BCUT2D eigenvalue weighted by Gasteiger charge is -2.01. The van der Waals surface area contributed by atoms with Gasteiger partial charge in [0.2, 0.25) is 0 Å². The van der Waals surface area contributed by atoms with Gasteiger partial charge in [0.05, 0.1) is 6.42 Å². The van der Waals surface area contributed by atoms with E-state index in [0.29, 0.717) is 10.6 Å². The predicted molar refractivity (Wildman–Crippen MR) is 75.0 cm³/mol. The third-order valence-corrected chi connectivity index (χ3v) is 2.77. The Morgan fingerprint density at radius 1 is 1.20 bits per heavy atom. The lowest BCUT2D eigenvalue weighted by molar-refractivity contribution is -0.378. The van der Waals surface area contributed by atoms with E-state index in [9.17, 15) is 4.79 Å². The van der Waals surface area contributed by atoms with Crippen LogP contribution in [0, 0.1) is 0 Å². The van der Waals surface area contributed by atoms with Crippen LogP contribution in [0.5, 0.6) is 0 Å². The van der Waals surface area contributed by atoms with Gasteiger partial charge in [0.25, 0.3) is 0 Å². The molecule has 102 valence electrons. The molecule has 0 aliphatic heterocycles. The highest BCUT2D eigenvalue weighted by molar-refractivity contribution is 6.30. The van der Waals surface area contributed by atoms with E-state index in [1.54, 1.807) is 48.8 Å². The van der Waals surface area contributed by atoms with Gasteiger partial charge in [-0.1, -0.05) is 28.9 Å². The molecule has 0 aliphatic rings. The molecule has 0 unspecified atom stereocenters. The first-order chi connectivity index (χ1) is 9.65. The van der Waals surface area contributed by atoms with Crippen LogP contribution >= 0.6 is 11.6 Å². The molecule has 20 heavy (non-hydrogen) atoms. The van der Waals surface area contributed by atoms with Crippen molar-refractivity contribution in [3.8, 4) is 0 Å². The second-order valence-corrected chi connectivity index (χ2v) is 4.47. The van der Waals surface area contributed by atoms with Crippen LogP contribution in [0.1, 0.15) is 11.1 Å². The van der Waals surface area contributed by atoms with Crippen molar-refractivity contribution in [1.82, 2.24) is 0 Å². The number of hydrogen-bond acceptors (Lipinski definition) is 3. The Labute approximate surface area is 121 Å². The normalized spacial score (nSPS) is 11.2. The zero-order valence-electron chi connectivity index (χ0n) is 10.5. The molecule has 1 aromatic carbocycles. The molecule has 0 aliphatic carbocycles. The SMILES string of the molecule is NC(=NOC(=O)Cc1ccc(Cl)cc1)c1cc[nH+]cc1. The fourth-order valence-corrected chi connectivity index (χ4v) is 1.64. The molecular weight excluding hydrogens is 278 g/mol. The van der Waals surface area contributed by atoms with Crippen molar-refractivity contribution < 1.29 is 14.6 Å². The van der Waals surface area contributed by atoms with Crippen molar-refractivity contribution in [2.24, 2.45) is 10.9 Å². The summed E-state index contributed by atoms with van der Waals surface area (Å²) in [5.74, 6) is -0.346. The highest BCUT2D eigenvalue weighted by atomic mass is 35.5. The maximum Gasteiger partial charge on any atom is 0.339 e. The Balaban J connectivity index is 1.93. The second kappa shape index (κ2) is 6.68. The average Bonchev–Trinajstić information content (AvgIpc) is 2.48. The van der Waals surface area contributed by atoms with Gasteiger partial charge in [-0.25, -0.2) is 9.78 Å². The molecule has 5 nitrogen and oxygen atoms in total. The lowest BCUT2D eigenvalue weighted by atomic mass is 10.2. The van der Waals surface area contributed by atoms with E-state index < -0.39 is 5.97 Å². The number of amidine groups is 1. The first-order valence-electron chi connectivity index (χ1n) is 5.89. The third kappa shape index (κ3) is 4.07. The Morgan fingerprint density at radius 2 is 1.85 bits per heavy atom. The van der Waals surface area contributed by atoms with E-state index in [4.69, 9.17) is 22.2 Å². The van der Waals surface area contributed by atoms with E-state index in [1.165, 1.54) is 0 Å². The number of oxime groups is 1. The molecule has 0 spiro atoms. The largest absolute Gasteiger partial charge is 0.380 e. The second-order valence-electron chi connectivity index (χ2n) is 4.03. The van der Waals surface area contributed by atoms with Crippen LogP contribution in [0.15, 0.2) is 53.9 Å². The molecule has 1 aromatic heterocycles. The molecule has 2 aromatic rings. The zero-order valence-corrected chi connectivity index (χ0v) is 11.3. The van der Waals surface area contributed by atoms with Gasteiger partial charge in [0.15, 0.2) is 18.2 Å². The summed E-state index contributed by atoms with van der Waals surface area (Å²) in [6.45, 7) is 0. The number of aromatic nitrogens is 1. The standard InChI is InChI=1S/C14H12ClN3O2/c15-12-3-1-10(2-4-12)9-13(19)20-18-14(16)11-5-7-17-8-6-11/h1-8H,9H2,(H2,16,18)/p+1. The molecule has 2 rings (SSSR count). The number of halogens is 1. The van der Waals surface area contributed by atoms with Gasteiger partial charge in [-0.2, -0.15) is 0 Å². The van der Waals surface area contributed by atoms with Gasteiger partial charge in [0, 0.05) is 22.7 Å². The quantitative estimate of drug-likeness (QED) is 0.402. The fraction of sp³-hybridized carbons (Fsp3) is 0.0714. The minimum Gasteiger partial charge on any atom is -0.380 e. The Morgan fingerprint density at radius 3 is 2.50 bits per heavy atom. The van der Waals surface area contributed by atoms with Crippen molar-refractivity contribution in [2.75, 3.05) is 0 Å². The number of nitrogens with one attached hydrogen (secondary N) is 1. The van der Waals surface area contributed by atoms with Crippen LogP contribution < -0.4 is 10.7 Å². The summed E-state index contributed by atoms with van der Waals surface area (Å²) in [4.78, 5) is 19.2. The molecule has 0 bridgehead atoms. The van der Waals surface area contributed by atoms with E-state index >= 15 is 0 Å². The van der Waals surface area contributed by atoms with E-state index in [0.717, 1.165) is 5.56 Å². The molecule has 0 saturated heterocycles. The Kier molecular flexibility index (Phi) is 4.68. The van der Waals surface area contributed by atoms with Gasteiger partial charge in [-0.3, -0.25) is 0 Å². The summed E-state index contributed by atoms with van der Waals surface area (Å²) in [6.07, 6.45) is 3.51. The molecule has 3 N–H and O–H groups in total. The maximum atomic E-state index is 11.6. The van der Waals surface area contributed by atoms with Crippen molar-refractivity contribution in [3.63, 3.8) is 0 Å². The molecule has 0 radical (unpaired) electrons. The smallest absolute Gasteiger partial charge is 0.339 e. The zero-order chi connectivity index (χ0) is 14.4. The molecule has 0 fully saturated rings. The van der Waals surface area contributed by atoms with Gasteiger partial charge in [-0.15, -0.1) is 0 Å². The van der Waals surface area contributed by atoms with Crippen molar-refractivity contribution >= 4 is 23.4 Å². The molecule has 0 amide bonds. The summed E-state index contributed by atoms with van der Waals surface area (Å²) in [6, 6.07) is 10.4. The number of benzene rings is 1. The molecular formula is C14H13ClN3O2+. The summed E-state index contributed by atoms with van der Waals surface area (Å²) >= 11 is 5.76. The average molecular weight is 291 g/mol. The Hall–Kier alpha value is -2.40. The Bertz CT molecular complexity index is 612. The number of H-pyrrole nitrogens is 1. The van der Waals surface area contributed by atoms with E-state index in [1.807, 2.05) is 0 Å². The molecule has 6 heteroatoms. The van der Waals surface area contributed by atoms with Gasteiger partial charge < -0.3 is 10.6 Å². The van der Waals surface area contributed by atoms with Crippen LogP contribution in [0.2, 0.25) is 5.02 Å². The van der Waals surface area contributed by atoms with E-state index in [-0.39, 0.29) is 12.3 Å². The number of carbonyl (C=O) groups is 1. The van der Waals surface area contributed by atoms with Crippen LogP contribution in [-0.4, -0.2) is 11.8 Å². The minimum atomic E-state index is -0.488. The minimum absolute atomic E-state index is 0.108. The summed E-state index contributed by atoms with van der Waals surface area (Å²) in [7, 11) is 0. The number of aromatic amines is 1. The first kappa shape index (κ1) is 14.0. The van der Waals surface area contributed by atoms with Crippen molar-refractivity contribution in [3.05, 3.63) is 64.9 Å². The number of pyridine rings is 1. The van der Waals surface area contributed by atoms with Gasteiger partial charge >= 0.3 is 5.97 Å². The van der Waals surface area contributed by atoms with Crippen molar-refractivity contribution in [2.45, 2.75) is 6.42 Å². The fourth-order valence-electron chi connectivity index (χ4n) is 1.51. The van der Waals surface area contributed by atoms with Crippen LogP contribution in [0.3, 0.4) is 0 Å². The highest BCUT2D eigenvalue weighted by Crippen LogP contribution is 2.10. The molecule has 1 heterocycles. The predicted octanol–water partition coefficient (Wildman–Crippen LogP) is 1.56. The topological polar surface area (TPSA) is 78.8 Å². The van der Waals surface area contributed by atoms with Gasteiger partial charge in [-0.05, 0) is 17.7 Å². The number of hydrogen-bond donors (Lipinski definition) is 1. The number of nitrogens with two attached hydrogens (primary N) is 1. The number of rotatable bonds is 4. The van der Waals surface area contributed by atoms with E-state index in [2.05, 4.69) is 10.1 Å². The number of carbonyl (C=O) groups excluding carboxylic acids is 1. The summed E-state index contributed by atoms with van der Waals surface area (Å²) in [5.41, 5.74) is 7.16. The van der Waals surface area contributed by atoms with Gasteiger partial charge in [0.1, 0.15) is 0 Å². The van der Waals surface area contributed by atoms with Crippen LogP contribution in [0.25, 0.3) is 0 Å². The maximum absolute atomic E-state index is 11.6. The third-order valence-electron chi connectivity index (χ3n) is 2.52.